The molecule has 0 unspecified atom stereocenters. The summed E-state index contributed by atoms with van der Waals surface area (Å²) in [5, 5.41) is 0. The van der Waals surface area contributed by atoms with E-state index in [-0.39, 0.29) is 5.91 Å². The lowest BCUT2D eigenvalue weighted by atomic mass is 10.2. The molecule has 0 aliphatic carbocycles. The molecule has 1 aromatic heterocycles. The standard InChI is InChI=1S/C19H26N2O2/c1-15-13-18(19(22)20(3)11-8-12-23-4)16(2)21(15)14-17-9-6-5-7-10-17/h5-7,9-10,13H,8,11-12,14H2,1-4H3. The van der Waals surface area contributed by atoms with Crippen molar-refractivity contribution >= 4 is 5.91 Å². The maximum atomic E-state index is 12.6. The first-order valence-electron chi connectivity index (χ1n) is 7.99. The van der Waals surface area contributed by atoms with Gasteiger partial charge in [0.15, 0.2) is 0 Å². The summed E-state index contributed by atoms with van der Waals surface area (Å²) < 4.78 is 7.25. The van der Waals surface area contributed by atoms with Gasteiger partial charge in [-0.25, -0.2) is 0 Å². The second-order valence-corrected chi connectivity index (χ2v) is 5.93. The Morgan fingerprint density at radius 2 is 1.91 bits per heavy atom. The van der Waals surface area contributed by atoms with Crippen molar-refractivity contribution in [3.8, 4) is 0 Å². The van der Waals surface area contributed by atoms with Crippen molar-refractivity contribution in [2.24, 2.45) is 0 Å². The third-order valence-corrected chi connectivity index (χ3v) is 4.18. The lowest BCUT2D eigenvalue weighted by Crippen LogP contribution is -2.28. The monoisotopic (exact) mass is 314 g/mol. The van der Waals surface area contributed by atoms with Crippen LogP contribution in [0.15, 0.2) is 36.4 Å². The number of nitrogens with zero attached hydrogens (tertiary/aromatic N) is 2. The number of carbonyl (C=O) groups excluding carboxylic acids is 1. The van der Waals surface area contributed by atoms with Crippen LogP contribution in [0, 0.1) is 13.8 Å². The molecule has 2 aromatic rings. The summed E-state index contributed by atoms with van der Waals surface area (Å²) in [7, 11) is 3.53. The van der Waals surface area contributed by atoms with E-state index in [4.69, 9.17) is 4.74 Å². The minimum Gasteiger partial charge on any atom is -0.385 e. The van der Waals surface area contributed by atoms with E-state index in [1.54, 1.807) is 12.0 Å². The molecule has 2 rings (SSSR count). The van der Waals surface area contributed by atoms with Gasteiger partial charge in [-0.3, -0.25) is 4.79 Å². The van der Waals surface area contributed by atoms with Gasteiger partial charge in [-0.05, 0) is 31.9 Å². The Morgan fingerprint density at radius 3 is 2.57 bits per heavy atom. The van der Waals surface area contributed by atoms with Crippen molar-refractivity contribution in [1.29, 1.82) is 0 Å². The maximum absolute atomic E-state index is 12.6. The molecule has 0 radical (unpaired) electrons. The molecule has 0 atom stereocenters. The Bertz CT molecular complexity index is 647. The van der Waals surface area contributed by atoms with E-state index in [9.17, 15) is 4.79 Å². The first-order valence-corrected chi connectivity index (χ1v) is 7.99. The number of hydrogen-bond acceptors (Lipinski definition) is 2. The molecule has 0 N–H and O–H groups in total. The Kier molecular flexibility index (Phi) is 5.99. The molecule has 0 aliphatic rings. The molecule has 0 saturated carbocycles. The predicted molar refractivity (Wildman–Crippen MR) is 92.9 cm³/mol. The third kappa shape index (κ3) is 4.23. The van der Waals surface area contributed by atoms with Crippen molar-refractivity contribution in [3.05, 3.63) is 58.9 Å². The topological polar surface area (TPSA) is 34.5 Å². The first kappa shape index (κ1) is 17.3. The van der Waals surface area contributed by atoms with Crippen molar-refractivity contribution in [3.63, 3.8) is 0 Å². The van der Waals surface area contributed by atoms with Crippen LogP contribution in [-0.2, 0) is 11.3 Å². The molecule has 4 heteroatoms. The number of rotatable bonds is 7. The van der Waals surface area contributed by atoms with Gasteiger partial charge in [0.25, 0.3) is 5.91 Å². The molecule has 4 nitrogen and oxygen atoms in total. The lowest BCUT2D eigenvalue weighted by Gasteiger charge is -2.17. The summed E-state index contributed by atoms with van der Waals surface area (Å²) in [6.07, 6.45) is 0.849. The molecule has 1 aromatic carbocycles. The fraction of sp³-hybridized carbons (Fsp3) is 0.421. The summed E-state index contributed by atoms with van der Waals surface area (Å²) in [6, 6.07) is 12.3. The average molecular weight is 314 g/mol. The van der Waals surface area contributed by atoms with Gasteiger partial charge in [0.05, 0.1) is 5.56 Å². The van der Waals surface area contributed by atoms with Crippen LogP contribution < -0.4 is 0 Å². The third-order valence-electron chi connectivity index (χ3n) is 4.18. The first-order chi connectivity index (χ1) is 11.0. The SMILES string of the molecule is COCCCN(C)C(=O)c1cc(C)n(Cc2ccccc2)c1C. The average Bonchev–Trinajstić information content (AvgIpc) is 2.83. The second-order valence-electron chi connectivity index (χ2n) is 5.93. The minimum absolute atomic E-state index is 0.0773. The van der Waals surface area contributed by atoms with Crippen molar-refractivity contribution in [2.75, 3.05) is 27.3 Å². The van der Waals surface area contributed by atoms with Crippen LogP contribution in [-0.4, -0.2) is 42.7 Å². The summed E-state index contributed by atoms with van der Waals surface area (Å²) >= 11 is 0. The molecule has 124 valence electrons. The number of methoxy groups -OCH3 is 1. The second kappa shape index (κ2) is 7.97. The molecule has 0 bridgehead atoms. The maximum Gasteiger partial charge on any atom is 0.255 e. The summed E-state index contributed by atoms with van der Waals surface area (Å²) in [5.41, 5.74) is 4.16. The molecule has 0 saturated heterocycles. The van der Waals surface area contributed by atoms with Gasteiger partial charge >= 0.3 is 0 Å². The van der Waals surface area contributed by atoms with Gasteiger partial charge in [-0.1, -0.05) is 30.3 Å². The molecule has 0 spiro atoms. The number of ether oxygens (including phenoxy) is 1. The molecular formula is C19H26N2O2. The summed E-state index contributed by atoms with van der Waals surface area (Å²) in [6.45, 7) is 6.24. The fourth-order valence-electron chi connectivity index (χ4n) is 2.78. The van der Waals surface area contributed by atoms with Crippen molar-refractivity contribution in [2.45, 2.75) is 26.8 Å². The van der Waals surface area contributed by atoms with Gasteiger partial charge in [0.1, 0.15) is 0 Å². The molecule has 0 aliphatic heterocycles. The van der Waals surface area contributed by atoms with Crippen molar-refractivity contribution < 1.29 is 9.53 Å². The van der Waals surface area contributed by atoms with E-state index in [0.717, 1.165) is 29.9 Å². The predicted octanol–water partition coefficient (Wildman–Crippen LogP) is 3.26. The van der Waals surface area contributed by atoms with Gasteiger partial charge in [0, 0.05) is 45.2 Å². The van der Waals surface area contributed by atoms with E-state index in [1.165, 1.54) is 5.56 Å². The van der Waals surface area contributed by atoms with Crippen LogP contribution >= 0.6 is 0 Å². The van der Waals surface area contributed by atoms with E-state index in [1.807, 2.05) is 38.2 Å². The van der Waals surface area contributed by atoms with Gasteiger partial charge in [0.2, 0.25) is 0 Å². The molecule has 0 fully saturated rings. The normalized spacial score (nSPS) is 10.8. The number of carbonyl (C=O) groups is 1. The highest BCUT2D eigenvalue weighted by molar-refractivity contribution is 5.95. The fourth-order valence-corrected chi connectivity index (χ4v) is 2.78. The molecule has 23 heavy (non-hydrogen) atoms. The van der Waals surface area contributed by atoms with Crippen molar-refractivity contribution in [1.82, 2.24) is 9.47 Å². The van der Waals surface area contributed by atoms with Crippen LogP contribution in [0.5, 0.6) is 0 Å². The molecule has 1 amide bonds. The number of amides is 1. The highest BCUT2D eigenvalue weighted by Gasteiger charge is 2.18. The number of benzene rings is 1. The zero-order valence-electron chi connectivity index (χ0n) is 14.5. The van der Waals surface area contributed by atoms with E-state index in [2.05, 4.69) is 23.6 Å². The van der Waals surface area contributed by atoms with Gasteiger partial charge in [-0.2, -0.15) is 0 Å². The van der Waals surface area contributed by atoms with Gasteiger partial charge < -0.3 is 14.2 Å². The Balaban J connectivity index is 2.15. The zero-order chi connectivity index (χ0) is 16.8. The highest BCUT2D eigenvalue weighted by Crippen LogP contribution is 2.18. The number of aryl methyl sites for hydroxylation is 1. The van der Waals surface area contributed by atoms with Crippen LogP contribution in [0.2, 0.25) is 0 Å². The largest absolute Gasteiger partial charge is 0.385 e. The number of hydrogen-bond donors (Lipinski definition) is 0. The molecule has 1 heterocycles. The van der Waals surface area contributed by atoms with Crippen LogP contribution in [0.4, 0.5) is 0 Å². The molecular weight excluding hydrogens is 288 g/mol. The zero-order valence-corrected chi connectivity index (χ0v) is 14.5. The minimum atomic E-state index is 0.0773. The summed E-state index contributed by atoms with van der Waals surface area (Å²) in [4.78, 5) is 14.4. The van der Waals surface area contributed by atoms with E-state index in [0.29, 0.717) is 13.2 Å². The Labute approximate surface area is 138 Å². The van der Waals surface area contributed by atoms with Crippen LogP contribution in [0.1, 0.15) is 33.7 Å². The van der Waals surface area contributed by atoms with Gasteiger partial charge in [-0.15, -0.1) is 0 Å². The van der Waals surface area contributed by atoms with E-state index >= 15 is 0 Å². The summed E-state index contributed by atoms with van der Waals surface area (Å²) in [5.74, 6) is 0.0773. The highest BCUT2D eigenvalue weighted by atomic mass is 16.5. The Hall–Kier alpha value is -2.07. The smallest absolute Gasteiger partial charge is 0.255 e. The lowest BCUT2D eigenvalue weighted by molar-refractivity contribution is 0.0778. The van der Waals surface area contributed by atoms with Crippen LogP contribution in [0.25, 0.3) is 0 Å². The Morgan fingerprint density at radius 1 is 1.22 bits per heavy atom. The van der Waals surface area contributed by atoms with Crippen LogP contribution in [0.3, 0.4) is 0 Å². The number of aromatic nitrogens is 1. The van der Waals surface area contributed by atoms with E-state index < -0.39 is 0 Å². The quantitative estimate of drug-likeness (QED) is 0.735.